The Balaban J connectivity index is 2.43. The summed E-state index contributed by atoms with van der Waals surface area (Å²) < 4.78 is 0. The molecule has 0 aromatic heterocycles. The first-order valence-electron chi connectivity index (χ1n) is 4.95. The van der Waals surface area contributed by atoms with Crippen LogP contribution >= 0.6 is 0 Å². The van der Waals surface area contributed by atoms with Crippen molar-refractivity contribution in [3.63, 3.8) is 0 Å². The van der Waals surface area contributed by atoms with E-state index in [1.54, 1.807) is 0 Å². The van der Waals surface area contributed by atoms with Crippen molar-refractivity contribution in [3.05, 3.63) is 41.0 Å². The molecule has 0 aliphatic heterocycles. The summed E-state index contributed by atoms with van der Waals surface area (Å²) in [6.07, 6.45) is 5.95. The second-order valence-corrected chi connectivity index (χ2v) is 3.83. The lowest BCUT2D eigenvalue weighted by Crippen LogP contribution is -2.03. The molecule has 0 saturated heterocycles. The monoisotopic (exact) mass is 183 g/mol. The van der Waals surface area contributed by atoms with E-state index >= 15 is 0 Å². The van der Waals surface area contributed by atoms with Gasteiger partial charge in [-0.1, -0.05) is 35.9 Å². The molecule has 0 radical (unpaired) electrons. The fourth-order valence-electron chi connectivity index (χ4n) is 1.99. The molecule has 1 aliphatic rings. The van der Waals surface area contributed by atoms with Crippen molar-refractivity contribution >= 4 is 6.08 Å². The van der Waals surface area contributed by atoms with Gasteiger partial charge in [-0.3, -0.25) is 0 Å². The van der Waals surface area contributed by atoms with E-state index in [0.29, 0.717) is 12.3 Å². The summed E-state index contributed by atoms with van der Waals surface area (Å²) >= 11 is 0. The van der Waals surface area contributed by atoms with Crippen LogP contribution in [-0.2, 0) is 0 Å². The highest BCUT2D eigenvalue weighted by Crippen LogP contribution is 2.32. The molecule has 0 bridgehead atoms. The molecule has 0 heterocycles. The van der Waals surface area contributed by atoms with E-state index in [1.807, 2.05) is 0 Å². The molecule has 2 rings (SSSR count). The molecular formula is C13H13N. The van der Waals surface area contributed by atoms with Crippen LogP contribution in [0.2, 0.25) is 0 Å². The Morgan fingerprint density at radius 1 is 1.50 bits per heavy atom. The van der Waals surface area contributed by atoms with Crippen LogP contribution in [0.3, 0.4) is 0 Å². The van der Waals surface area contributed by atoms with Gasteiger partial charge in [-0.05, 0) is 24.5 Å². The Bertz CT molecular complexity index is 410. The standard InChI is InChI=1S/C13H13N/c1-10-5-6-11-3-2-4-12(7-8-14)13(11)9-10/h2-3,5-6,9,12H,4,7H2,1H3. The molecule has 1 atom stereocenters. The Morgan fingerprint density at radius 2 is 2.36 bits per heavy atom. The van der Waals surface area contributed by atoms with Crippen molar-refractivity contribution in [2.75, 3.05) is 0 Å². The molecule has 0 amide bonds. The molecule has 0 fully saturated rings. The van der Waals surface area contributed by atoms with E-state index in [4.69, 9.17) is 5.26 Å². The van der Waals surface area contributed by atoms with E-state index < -0.39 is 0 Å². The van der Waals surface area contributed by atoms with Gasteiger partial charge in [0.05, 0.1) is 6.07 Å². The summed E-state index contributed by atoms with van der Waals surface area (Å²) in [4.78, 5) is 0. The zero-order valence-electron chi connectivity index (χ0n) is 8.33. The normalized spacial score (nSPS) is 18.7. The van der Waals surface area contributed by atoms with E-state index in [2.05, 4.69) is 43.3 Å². The summed E-state index contributed by atoms with van der Waals surface area (Å²) in [5.74, 6) is 0.403. The molecule has 1 aliphatic carbocycles. The third kappa shape index (κ3) is 1.56. The zero-order valence-corrected chi connectivity index (χ0v) is 8.33. The topological polar surface area (TPSA) is 23.8 Å². The Morgan fingerprint density at radius 3 is 3.14 bits per heavy atom. The van der Waals surface area contributed by atoms with E-state index in [-0.39, 0.29) is 0 Å². The summed E-state index contributed by atoms with van der Waals surface area (Å²) in [5, 5.41) is 8.74. The predicted octanol–water partition coefficient (Wildman–Crippen LogP) is 3.41. The van der Waals surface area contributed by atoms with Crippen molar-refractivity contribution < 1.29 is 0 Å². The van der Waals surface area contributed by atoms with Crippen LogP contribution in [0, 0.1) is 18.3 Å². The van der Waals surface area contributed by atoms with Gasteiger partial charge in [0.15, 0.2) is 0 Å². The van der Waals surface area contributed by atoms with Crippen LogP contribution in [0.25, 0.3) is 6.08 Å². The van der Waals surface area contributed by atoms with Gasteiger partial charge >= 0.3 is 0 Å². The quantitative estimate of drug-likeness (QED) is 0.654. The average molecular weight is 183 g/mol. The summed E-state index contributed by atoms with van der Waals surface area (Å²) in [7, 11) is 0. The minimum absolute atomic E-state index is 0.403. The molecule has 14 heavy (non-hydrogen) atoms. The minimum Gasteiger partial charge on any atom is -0.198 e. The van der Waals surface area contributed by atoms with Gasteiger partial charge in [0, 0.05) is 12.3 Å². The molecule has 1 aromatic carbocycles. The molecule has 0 spiro atoms. The maximum Gasteiger partial charge on any atom is 0.0628 e. The molecule has 1 unspecified atom stereocenters. The van der Waals surface area contributed by atoms with Crippen LogP contribution in [0.4, 0.5) is 0 Å². The second-order valence-electron chi connectivity index (χ2n) is 3.83. The van der Waals surface area contributed by atoms with Crippen molar-refractivity contribution in [2.24, 2.45) is 0 Å². The van der Waals surface area contributed by atoms with Crippen molar-refractivity contribution in [1.82, 2.24) is 0 Å². The summed E-state index contributed by atoms with van der Waals surface area (Å²) in [6.45, 7) is 2.10. The van der Waals surface area contributed by atoms with Gasteiger partial charge < -0.3 is 0 Å². The van der Waals surface area contributed by atoms with Crippen LogP contribution in [0.5, 0.6) is 0 Å². The predicted molar refractivity (Wildman–Crippen MR) is 57.8 cm³/mol. The van der Waals surface area contributed by atoms with E-state index in [1.165, 1.54) is 16.7 Å². The van der Waals surface area contributed by atoms with Gasteiger partial charge in [0.2, 0.25) is 0 Å². The number of allylic oxidation sites excluding steroid dienone is 1. The SMILES string of the molecule is Cc1ccc2c(c1)C(CC#N)CC=C2. The van der Waals surface area contributed by atoms with Crippen LogP contribution < -0.4 is 0 Å². The van der Waals surface area contributed by atoms with E-state index in [0.717, 1.165) is 6.42 Å². The highest BCUT2D eigenvalue weighted by molar-refractivity contribution is 5.58. The maximum atomic E-state index is 8.74. The van der Waals surface area contributed by atoms with Crippen LogP contribution in [0.1, 0.15) is 35.4 Å². The first kappa shape index (κ1) is 9.02. The summed E-state index contributed by atoms with van der Waals surface area (Å²) in [5.41, 5.74) is 3.90. The first-order valence-corrected chi connectivity index (χ1v) is 4.95. The lowest BCUT2D eigenvalue weighted by Gasteiger charge is -2.19. The molecular weight excluding hydrogens is 170 g/mol. The average Bonchev–Trinajstić information content (AvgIpc) is 2.19. The van der Waals surface area contributed by atoms with Gasteiger partial charge in [0.1, 0.15) is 0 Å². The fraction of sp³-hybridized carbons (Fsp3) is 0.308. The molecule has 0 saturated carbocycles. The third-order valence-corrected chi connectivity index (χ3v) is 2.74. The van der Waals surface area contributed by atoms with Crippen molar-refractivity contribution in [1.29, 1.82) is 5.26 Å². The molecule has 1 heteroatoms. The second kappa shape index (κ2) is 3.67. The number of fused-ring (bicyclic) bond motifs is 1. The van der Waals surface area contributed by atoms with E-state index in [9.17, 15) is 0 Å². The highest BCUT2D eigenvalue weighted by Gasteiger charge is 2.16. The number of nitriles is 1. The number of hydrogen-bond donors (Lipinski definition) is 0. The van der Waals surface area contributed by atoms with Crippen molar-refractivity contribution in [3.8, 4) is 6.07 Å². The Labute approximate surface area is 84.7 Å². The lowest BCUT2D eigenvalue weighted by molar-refractivity contribution is 0.711. The largest absolute Gasteiger partial charge is 0.198 e. The van der Waals surface area contributed by atoms with Gasteiger partial charge in [-0.25, -0.2) is 0 Å². The number of nitrogens with zero attached hydrogens (tertiary/aromatic N) is 1. The highest BCUT2D eigenvalue weighted by atomic mass is 14.3. The zero-order chi connectivity index (χ0) is 9.97. The molecule has 0 N–H and O–H groups in total. The van der Waals surface area contributed by atoms with Gasteiger partial charge in [0.25, 0.3) is 0 Å². The number of aryl methyl sites for hydroxylation is 1. The molecule has 70 valence electrons. The first-order chi connectivity index (χ1) is 6.81. The fourth-order valence-corrected chi connectivity index (χ4v) is 1.99. The molecule has 1 aromatic rings. The maximum absolute atomic E-state index is 8.74. The Hall–Kier alpha value is -1.55. The summed E-state index contributed by atoms with van der Waals surface area (Å²) in [6, 6.07) is 8.74. The van der Waals surface area contributed by atoms with Gasteiger partial charge in [-0.15, -0.1) is 0 Å². The number of hydrogen-bond acceptors (Lipinski definition) is 1. The lowest BCUT2D eigenvalue weighted by atomic mass is 9.84. The van der Waals surface area contributed by atoms with Crippen molar-refractivity contribution in [2.45, 2.75) is 25.7 Å². The number of benzene rings is 1. The van der Waals surface area contributed by atoms with Crippen LogP contribution in [0.15, 0.2) is 24.3 Å². The van der Waals surface area contributed by atoms with Gasteiger partial charge in [-0.2, -0.15) is 5.26 Å². The molecule has 1 nitrogen and oxygen atoms in total. The van der Waals surface area contributed by atoms with Crippen LogP contribution in [-0.4, -0.2) is 0 Å². The number of rotatable bonds is 1. The smallest absolute Gasteiger partial charge is 0.0628 e. The minimum atomic E-state index is 0.403. The third-order valence-electron chi connectivity index (χ3n) is 2.74. The Kier molecular flexibility index (Phi) is 2.37.